The molecule has 0 fully saturated rings. The number of hydrogen-bond acceptors (Lipinski definition) is 9. The Morgan fingerprint density at radius 2 is 1.97 bits per heavy atom. The molecule has 0 spiro atoms. The Morgan fingerprint density at radius 3 is 2.52 bits per heavy atom. The first-order valence-electron chi connectivity index (χ1n) is 8.28. The molecule has 11 heteroatoms. The summed E-state index contributed by atoms with van der Waals surface area (Å²) in [5.41, 5.74) is 0.204. The van der Waals surface area contributed by atoms with E-state index >= 15 is 0 Å². The Kier molecular flexibility index (Phi) is 4.68. The van der Waals surface area contributed by atoms with Crippen molar-refractivity contribution in [2.45, 2.75) is 13.0 Å². The van der Waals surface area contributed by atoms with Crippen molar-refractivity contribution in [3.63, 3.8) is 0 Å². The number of carbonyl (C=O) groups is 2. The molecule has 9 nitrogen and oxygen atoms in total. The molecule has 3 aromatic rings. The van der Waals surface area contributed by atoms with E-state index in [1.54, 1.807) is 24.4 Å². The molecule has 0 radical (unpaired) electrons. The smallest absolute Gasteiger partial charge is 0.296 e. The molecule has 1 aliphatic heterocycles. The maximum Gasteiger partial charge on any atom is 0.296 e. The van der Waals surface area contributed by atoms with Gasteiger partial charge >= 0.3 is 0 Å². The van der Waals surface area contributed by atoms with Crippen LogP contribution in [0.5, 0.6) is 0 Å². The number of amides is 1. The fraction of sp³-hybridized carbons (Fsp3) is 0.111. The first-order valence-corrected chi connectivity index (χ1v) is 9.97. The Bertz CT molecular complexity index is 1150. The van der Waals surface area contributed by atoms with Gasteiger partial charge in [-0.2, -0.15) is 0 Å². The SMILES string of the molecule is Cc1nnc(N2C(=O)C(O)=C(C(=O)c3cccs3)[C@@H]2c2ccc([N+](=O)[O-])cc2)s1. The van der Waals surface area contributed by atoms with Crippen LogP contribution in [-0.4, -0.2) is 31.9 Å². The minimum atomic E-state index is -0.981. The number of nitro benzene ring substituents is 1. The molecule has 3 heterocycles. The number of thiophene rings is 1. The predicted molar refractivity (Wildman–Crippen MR) is 106 cm³/mol. The second kappa shape index (κ2) is 7.18. The summed E-state index contributed by atoms with van der Waals surface area (Å²) in [6, 6.07) is 7.79. The summed E-state index contributed by atoms with van der Waals surface area (Å²) in [5.74, 6) is -1.93. The summed E-state index contributed by atoms with van der Waals surface area (Å²) < 4.78 is 0. The number of aliphatic hydroxyl groups is 1. The van der Waals surface area contributed by atoms with Gasteiger partial charge in [-0.3, -0.25) is 24.6 Å². The second-order valence-electron chi connectivity index (χ2n) is 6.10. The van der Waals surface area contributed by atoms with Crippen LogP contribution in [0.1, 0.15) is 26.3 Å². The van der Waals surface area contributed by atoms with Crippen molar-refractivity contribution in [2.75, 3.05) is 4.90 Å². The zero-order valence-corrected chi connectivity index (χ0v) is 16.4. The van der Waals surface area contributed by atoms with Crippen LogP contribution in [0.15, 0.2) is 53.1 Å². The highest BCUT2D eigenvalue weighted by Crippen LogP contribution is 2.43. The zero-order chi connectivity index (χ0) is 20.7. The molecule has 146 valence electrons. The van der Waals surface area contributed by atoms with Gasteiger partial charge in [-0.05, 0) is 36.1 Å². The maximum absolute atomic E-state index is 13.1. The van der Waals surface area contributed by atoms with Crippen molar-refractivity contribution in [3.8, 4) is 0 Å². The maximum atomic E-state index is 13.1. The summed E-state index contributed by atoms with van der Waals surface area (Å²) in [7, 11) is 0. The van der Waals surface area contributed by atoms with Gasteiger partial charge in [-0.15, -0.1) is 21.5 Å². The monoisotopic (exact) mass is 428 g/mol. The van der Waals surface area contributed by atoms with Crippen molar-refractivity contribution in [1.82, 2.24) is 10.2 Å². The molecule has 1 N–H and O–H groups in total. The molecule has 0 saturated heterocycles. The van der Waals surface area contributed by atoms with E-state index in [2.05, 4.69) is 10.2 Å². The number of carbonyl (C=O) groups excluding carboxylic acids is 2. The first-order chi connectivity index (χ1) is 13.9. The van der Waals surface area contributed by atoms with Gasteiger partial charge < -0.3 is 5.11 Å². The van der Waals surface area contributed by atoms with E-state index in [1.807, 2.05) is 0 Å². The van der Waals surface area contributed by atoms with Crippen LogP contribution in [0.25, 0.3) is 0 Å². The number of aliphatic hydroxyl groups excluding tert-OH is 1. The average molecular weight is 428 g/mol. The standard InChI is InChI=1S/C18H12N4O5S2/c1-9-19-20-18(29-9)21-14(10-4-6-11(7-5-10)22(26)27)13(16(24)17(21)25)15(23)12-3-2-8-28-12/h2-8,14,24H,1H3/t14-/m0/s1. The number of non-ortho nitro benzene ring substituents is 1. The molecule has 0 bridgehead atoms. The van der Waals surface area contributed by atoms with Gasteiger partial charge in [0.05, 0.1) is 21.4 Å². The molecule has 1 atom stereocenters. The topological polar surface area (TPSA) is 127 Å². The van der Waals surface area contributed by atoms with E-state index in [1.165, 1.54) is 40.5 Å². The van der Waals surface area contributed by atoms with E-state index in [-0.39, 0.29) is 16.4 Å². The summed E-state index contributed by atoms with van der Waals surface area (Å²) in [6.07, 6.45) is 0. The Hall–Kier alpha value is -3.44. The highest BCUT2D eigenvalue weighted by atomic mass is 32.1. The van der Waals surface area contributed by atoms with E-state index < -0.39 is 28.4 Å². The number of anilines is 1. The third-order valence-electron chi connectivity index (χ3n) is 4.34. The Morgan fingerprint density at radius 1 is 1.24 bits per heavy atom. The van der Waals surface area contributed by atoms with Gasteiger partial charge in [0.25, 0.3) is 11.6 Å². The number of ketones is 1. The number of nitrogens with zero attached hydrogens (tertiary/aromatic N) is 4. The molecule has 4 rings (SSSR count). The molecule has 1 aromatic carbocycles. The van der Waals surface area contributed by atoms with Crippen LogP contribution < -0.4 is 4.90 Å². The van der Waals surface area contributed by atoms with E-state index in [4.69, 9.17) is 0 Å². The third kappa shape index (κ3) is 3.19. The molecular weight excluding hydrogens is 416 g/mol. The van der Waals surface area contributed by atoms with E-state index in [0.29, 0.717) is 15.4 Å². The Balaban J connectivity index is 1.86. The normalized spacial score (nSPS) is 16.5. The predicted octanol–water partition coefficient (Wildman–Crippen LogP) is 3.60. The van der Waals surface area contributed by atoms with E-state index in [0.717, 1.165) is 11.3 Å². The summed E-state index contributed by atoms with van der Waals surface area (Å²) in [5, 5.41) is 32.0. The average Bonchev–Trinajstić information content (AvgIpc) is 3.43. The van der Waals surface area contributed by atoms with Gasteiger partial charge in [0.1, 0.15) is 5.01 Å². The number of aryl methyl sites for hydroxylation is 1. The largest absolute Gasteiger partial charge is 0.503 e. The summed E-state index contributed by atoms with van der Waals surface area (Å²) in [4.78, 5) is 37.9. The molecule has 1 amide bonds. The van der Waals surface area contributed by atoms with Crippen LogP contribution in [0.2, 0.25) is 0 Å². The number of Topliss-reactive ketones (excluding diaryl/α,β-unsaturated/α-hetero) is 1. The lowest BCUT2D eigenvalue weighted by atomic mass is 9.95. The number of hydrogen-bond donors (Lipinski definition) is 1. The van der Waals surface area contributed by atoms with Gasteiger partial charge in [-0.25, -0.2) is 0 Å². The molecular formula is C18H12N4O5S2. The molecule has 29 heavy (non-hydrogen) atoms. The molecule has 0 unspecified atom stereocenters. The number of benzene rings is 1. The number of nitro groups is 1. The van der Waals surface area contributed by atoms with Gasteiger partial charge in [0.15, 0.2) is 5.76 Å². The van der Waals surface area contributed by atoms with Crippen LogP contribution in [0, 0.1) is 17.0 Å². The molecule has 0 saturated carbocycles. The quantitative estimate of drug-likeness (QED) is 0.374. The van der Waals surface area contributed by atoms with Gasteiger partial charge in [0, 0.05) is 12.1 Å². The lowest BCUT2D eigenvalue weighted by molar-refractivity contribution is -0.384. The van der Waals surface area contributed by atoms with Crippen LogP contribution >= 0.6 is 22.7 Å². The highest BCUT2D eigenvalue weighted by molar-refractivity contribution is 7.15. The fourth-order valence-electron chi connectivity index (χ4n) is 3.05. The van der Waals surface area contributed by atoms with Crippen LogP contribution in [0.3, 0.4) is 0 Å². The van der Waals surface area contributed by atoms with Gasteiger partial charge in [0.2, 0.25) is 10.9 Å². The van der Waals surface area contributed by atoms with Gasteiger partial charge in [-0.1, -0.05) is 17.4 Å². The minimum absolute atomic E-state index is 0.0980. The highest BCUT2D eigenvalue weighted by Gasteiger charge is 2.46. The van der Waals surface area contributed by atoms with Crippen molar-refractivity contribution >= 4 is 45.2 Å². The second-order valence-corrected chi connectivity index (χ2v) is 8.21. The molecule has 1 aliphatic rings. The number of aromatic nitrogens is 2. The third-order valence-corrected chi connectivity index (χ3v) is 6.05. The Labute approximate surface area is 171 Å². The zero-order valence-electron chi connectivity index (χ0n) is 14.8. The molecule has 2 aromatic heterocycles. The minimum Gasteiger partial charge on any atom is -0.503 e. The lowest BCUT2D eigenvalue weighted by Gasteiger charge is -2.23. The fourth-order valence-corrected chi connectivity index (χ4v) is 4.44. The number of rotatable bonds is 5. The van der Waals surface area contributed by atoms with E-state index in [9.17, 15) is 24.8 Å². The van der Waals surface area contributed by atoms with Crippen molar-refractivity contribution in [3.05, 3.63) is 78.7 Å². The van der Waals surface area contributed by atoms with Crippen LogP contribution in [0.4, 0.5) is 10.8 Å². The lowest BCUT2D eigenvalue weighted by Crippen LogP contribution is -2.31. The van der Waals surface area contributed by atoms with Crippen LogP contribution in [-0.2, 0) is 4.79 Å². The summed E-state index contributed by atoms with van der Waals surface area (Å²) in [6.45, 7) is 1.72. The van der Waals surface area contributed by atoms with Crippen molar-refractivity contribution < 1.29 is 19.6 Å². The van der Waals surface area contributed by atoms with Crippen molar-refractivity contribution in [1.29, 1.82) is 0 Å². The first kappa shape index (κ1) is 18.9. The molecule has 0 aliphatic carbocycles. The summed E-state index contributed by atoms with van der Waals surface area (Å²) >= 11 is 2.32. The van der Waals surface area contributed by atoms with Crippen molar-refractivity contribution in [2.24, 2.45) is 0 Å².